The standard InChI is InChI=1S/C14H14BrFN2O/c1-17-7-11-3-2-4-13(16)14(11)19-9-10-5-12(15)8-18-6-10/h2-6,8,17H,7,9H2,1H3. The second kappa shape index (κ2) is 6.63. The molecule has 1 heterocycles. The molecule has 2 aromatic rings. The van der Waals surface area contributed by atoms with Gasteiger partial charge < -0.3 is 10.1 Å². The van der Waals surface area contributed by atoms with E-state index < -0.39 is 0 Å². The first-order valence-corrected chi connectivity index (χ1v) is 6.64. The lowest BCUT2D eigenvalue weighted by atomic mass is 10.2. The van der Waals surface area contributed by atoms with Gasteiger partial charge in [0.2, 0.25) is 0 Å². The van der Waals surface area contributed by atoms with Crippen molar-refractivity contribution in [2.45, 2.75) is 13.2 Å². The van der Waals surface area contributed by atoms with Crippen molar-refractivity contribution in [2.75, 3.05) is 7.05 Å². The maximum Gasteiger partial charge on any atom is 0.165 e. The molecular formula is C14H14BrFN2O. The van der Waals surface area contributed by atoms with E-state index in [0.717, 1.165) is 15.6 Å². The Morgan fingerprint density at radius 2 is 2.21 bits per heavy atom. The van der Waals surface area contributed by atoms with Crippen molar-refractivity contribution < 1.29 is 9.13 Å². The summed E-state index contributed by atoms with van der Waals surface area (Å²) in [7, 11) is 1.81. The van der Waals surface area contributed by atoms with Crippen molar-refractivity contribution in [1.29, 1.82) is 0 Å². The van der Waals surface area contributed by atoms with E-state index in [1.165, 1.54) is 6.07 Å². The van der Waals surface area contributed by atoms with Crippen LogP contribution in [0.2, 0.25) is 0 Å². The minimum absolute atomic E-state index is 0.282. The van der Waals surface area contributed by atoms with Crippen molar-refractivity contribution in [3.63, 3.8) is 0 Å². The van der Waals surface area contributed by atoms with Crippen LogP contribution in [0.1, 0.15) is 11.1 Å². The minimum atomic E-state index is -0.351. The molecule has 0 radical (unpaired) electrons. The fourth-order valence-electron chi connectivity index (χ4n) is 1.74. The van der Waals surface area contributed by atoms with E-state index >= 15 is 0 Å². The first-order valence-electron chi connectivity index (χ1n) is 5.85. The van der Waals surface area contributed by atoms with Gasteiger partial charge in [0, 0.05) is 34.5 Å². The van der Waals surface area contributed by atoms with Gasteiger partial charge >= 0.3 is 0 Å². The van der Waals surface area contributed by atoms with Gasteiger partial charge in [0.1, 0.15) is 6.61 Å². The first-order chi connectivity index (χ1) is 9.20. The maximum absolute atomic E-state index is 13.8. The number of rotatable bonds is 5. The highest BCUT2D eigenvalue weighted by Crippen LogP contribution is 2.24. The zero-order valence-electron chi connectivity index (χ0n) is 10.5. The summed E-state index contributed by atoms with van der Waals surface area (Å²) in [5.41, 5.74) is 1.68. The Hall–Kier alpha value is -1.46. The SMILES string of the molecule is CNCc1cccc(F)c1OCc1cncc(Br)c1. The molecule has 1 aromatic heterocycles. The molecular weight excluding hydrogens is 311 g/mol. The van der Waals surface area contributed by atoms with Crippen LogP contribution < -0.4 is 10.1 Å². The summed E-state index contributed by atoms with van der Waals surface area (Å²) in [6.07, 6.45) is 3.39. The third-order valence-corrected chi connectivity index (χ3v) is 2.99. The molecule has 1 N–H and O–H groups in total. The highest BCUT2D eigenvalue weighted by atomic mass is 79.9. The predicted molar refractivity (Wildman–Crippen MR) is 75.4 cm³/mol. The smallest absolute Gasteiger partial charge is 0.165 e. The van der Waals surface area contributed by atoms with Gasteiger partial charge in [-0.2, -0.15) is 0 Å². The van der Waals surface area contributed by atoms with Crippen LogP contribution in [0.3, 0.4) is 0 Å². The van der Waals surface area contributed by atoms with Crippen LogP contribution in [0, 0.1) is 5.82 Å². The molecule has 0 spiro atoms. The quantitative estimate of drug-likeness (QED) is 0.916. The zero-order valence-corrected chi connectivity index (χ0v) is 12.1. The summed E-state index contributed by atoms with van der Waals surface area (Å²) in [6, 6.07) is 6.81. The Bertz CT molecular complexity index is 563. The average Bonchev–Trinajstić information content (AvgIpc) is 2.38. The normalized spacial score (nSPS) is 10.5. The van der Waals surface area contributed by atoms with Gasteiger partial charge in [-0.25, -0.2) is 4.39 Å². The molecule has 0 atom stereocenters. The molecule has 0 bridgehead atoms. The van der Waals surface area contributed by atoms with Gasteiger partial charge in [-0.15, -0.1) is 0 Å². The topological polar surface area (TPSA) is 34.1 Å². The number of hydrogen-bond donors (Lipinski definition) is 1. The molecule has 1 aromatic carbocycles. The lowest BCUT2D eigenvalue weighted by Crippen LogP contribution is -2.08. The highest BCUT2D eigenvalue weighted by Gasteiger charge is 2.09. The Kier molecular flexibility index (Phi) is 4.87. The Morgan fingerprint density at radius 3 is 2.95 bits per heavy atom. The van der Waals surface area contributed by atoms with Gasteiger partial charge in [-0.05, 0) is 35.1 Å². The molecule has 100 valence electrons. The molecule has 5 heteroatoms. The van der Waals surface area contributed by atoms with Crippen LogP contribution in [0.15, 0.2) is 41.1 Å². The number of ether oxygens (including phenoxy) is 1. The lowest BCUT2D eigenvalue weighted by Gasteiger charge is -2.12. The number of halogens is 2. The van der Waals surface area contributed by atoms with Crippen molar-refractivity contribution in [1.82, 2.24) is 10.3 Å². The van der Waals surface area contributed by atoms with E-state index in [1.807, 2.05) is 19.2 Å². The third kappa shape index (κ3) is 3.75. The third-order valence-electron chi connectivity index (χ3n) is 2.56. The van der Waals surface area contributed by atoms with Crippen molar-refractivity contribution >= 4 is 15.9 Å². The summed E-state index contributed by atoms with van der Waals surface area (Å²) >= 11 is 3.34. The number of para-hydroxylation sites is 1. The second-order valence-corrected chi connectivity index (χ2v) is 4.97. The van der Waals surface area contributed by atoms with E-state index in [4.69, 9.17) is 4.74 Å². The van der Waals surface area contributed by atoms with Crippen LogP contribution in [-0.4, -0.2) is 12.0 Å². The number of nitrogens with one attached hydrogen (secondary N) is 1. The average molecular weight is 325 g/mol. The summed E-state index contributed by atoms with van der Waals surface area (Å²) in [5.74, 6) is -0.0625. The predicted octanol–water partition coefficient (Wildman–Crippen LogP) is 3.28. The molecule has 0 unspecified atom stereocenters. The molecule has 0 fully saturated rings. The Balaban J connectivity index is 2.14. The molecule has 0 saturated carbocycles. The van der Waals surface area contributed by atoms with E-state index in [9.17, 15) is 4.39 Å². The zero-order chi connectivity index (χ0) is 13.7. The number of benzene rings is 1. The van der Waals surface area contributed by atoms with Crippen molar-refractivity contribution in [3.8, 4) is 5.75 Å². The molecule has 0 aliphatic carbocycles. The van der Waals surface area contributed by atoms with Gasteiger partial charge in [0.05, 0.1) is 0 Å². The largest absolute Gasteiger partial charge is 0.485 e. The van der Waals surface area contributed by atoms with E-state index in [0.29, 0.717) is 6.54 Å². The van der Waals surface area contributed by atoms with Gasteiger partial charge in [-0.3, -0.25) is 4.98 Å². The second-order valence-electron chi connectivity index (χ2n) is 4.06. The van der Waals surface area contributed by atoms with Crippen molar-refractivity contribution in [2.24, 2.45) is 0 Å². The fourth-order valence-corrected chi connectivity index (χ4v) is 2.15. The van der Waals surface area contributed by atoms with E-state index in [1.54, 1.807) is 18.5 Å². The van der Waals surface area contributed by atoms with Gasteiger partial charge in [0.25, 0.3) is 0 Å². The summed E-state index contributed by atoms with van der Waals surface area (Å²) in [5, 5.41) is 2.99. The molecule has 3 nitrogen and oxygen atoms in total. The number of aromatic nitrogens is 1. The molecule has 2 rings (SSSR count). The van der Waals surface area contributed by atoms with Crippen LogP contribution in [0.25, 0.3) is 0 Å². The Morgan fingerprint density at radius 1 is 1.37 bits per heavy atom. The molecule has 0 saturated heterocycles. The minimum Gasteiger partial charge on any atom is -0.485 e. The fraction of sp³-hybridized carbons (Fsp3) is 0.214. The van der Waals surface area contributed by atoms with Crippen LogP contribution in [0.4, 0.5) is 4.39 Å². The van der Waals surface area contributed by atoms with Gasteiger partial charge in [0.15, 0.2) is 11.6 Å². The number of nitrogens with zero attached hydrogens (tertiary/aromatic N) is 1. The van der Waals surface area contributed by atoms with Crippen molar-refractivity contribution in [3.05, 3.63) is 58.1 Å². The summed E-state index contributed by atoms with van der Waals surface area (Å²) < 4.78 is 20.2. The highest BCUT2D eigenvalue weighted by molar-refractivity contribution is 9.10. The number of hydrogen-bond acceptors (Lipinski definition) is 3. The first kappa shape index (κ1) is 14.0. The van der Waals surface area contributed by atoms with E-state index in [-0.39, 0.29) is 18.2 Å². The Labute approximate surface area is 119 Å². The number of pyridine rings is 1. The van der Waals surface area contributed by atoms with Crippen LogP contribution in [0.5, 0.6) is 5.75 Å². The van der Waals surface area contributed by atoms with Crippen LogP contribution >= 0.6 is 15.9 Å². The van der Waals surface area contributed by atoms with Crippen LogP contribution in [-0.2, 0) is 13.2 Å². The molecule has 0 aliphatic heterocycles. The van der Waals surface area contributed by atoms with E-state index in [2.05, 4.69) is 26.2 Å². The van der Waals surface area contributed by atoms with Gasteiger partial charge in [-0.1, -0.05) is 12.1 Å². The maximum atomic E-state index is 13.8. The summed E-state index contributed by atoms with van der Waals surface area (Å²) in [6.45, 7) is 0.841. The summed E-state index contributed by atoms with van der Waals surface area (Å²) in [4.78, 5) is 4.04. The molecule has 0 aliphatic rings. The molecule has 19 heavy (non-hydrogen) atoms. The lowest BCUT2D eigenvalue weighted by molar-refractivity contribution is 0.286. The monoisotopic (exact) mass is 324 g/mol. The molecule has 0 amide bonds.